The molecular formula is C18H27N5. The lowest BCUT2D eigenvalue weighted by molar-refractivity contribution is 0.208. The number of aromatic nitrogens is 3. The molecular weight excluding hydrogens is 286 g/mol. The van der Waals surface area contributed by atoms with Crippen LogP contribution in [0.5, 0.6) is 0 Å². The monoisotopic (exact) mass is 313 g/mol. The van der Waals surface area contributed by atoms with Crippen molar-refractivity contribution in [3.8, 4) is 0 Å². The summed E-state index contributed by atoms with van der Waals surface area (Å²) >= 11 is 0. The third-order valence-corrected chi connectivity index (χ3v) is 4.87. The number of nitrogens with one attached hydrogen (secondary N) is 1. The van der Waals surface area contributed by atoms with Crippen molar-refractivity contribution in [1.82, 2.24) is 19.7 Å². The van der Waals surface area contributed by atoms with Gasteiger partial charge in [0.2, 0.25) is 0 Å². The molecule has 3 rings (SSSR count). The van der Waals surface area contributed by atoms with Crippen molar-refractivity contribution in [2.75, 3.05) is 25.5 Å². The zero-order valence-corrected chi connectivity index (χ0v) is 14.2. The molecule has 0 unspecified atom stereocenters. The Morgan fingerprint density at radius 2 is 1.96 bits per heavy atom. The smallest absolute Gasteiger partial charge is 0.148 e. The number of piperidine rings is 1. The van der Waals surface area contributed by atoms with E-state index in [4.69, 9.17) is 0 Å². The van der Waals surface area contributed by atoms with Crippen molar-refractivity contribution in [1.29, 1.82) is 0 Å². The molecule has 1 aliphatic heterocycles. The first-order chi connectivity index (χ1) is 11.2. The van der Waals surface area contributed by atoms with Gasteiger partial charge in [-0.1, -0.05) is 0 Å². The standard InChI is InChI=1S/C18H27N5/c1-15(17-6-11-22(2)12-7-17)20-18-8-14-23(21-18)13-5-16-3-9-19-10-4-16/h3-4,8-10,14-15,17H,5-7,11-13H2,1-2H3,(H,20,21)/t15-/m1/s1. The highest BCUT2D eigenvalue weighted by molar-refractivity contribution is 5.33. The first-order valence-electron chi connectivity index (χ1n) is 8.58. The number of hydrogen-bond acceptors (Lipinski definition) is 4. The van der Waals surface area contributed by atoms with E-state index in [2.05, 4.69) is 58.7 Å². The maximum atomic E-state index is 4.65. The first-order valence-corrected chi connectivity index (χ1v) is 8.58. The number of rotatable bonds is 6. The molecule has 0 amide bonds. The van der Waals surface area contributed by atoms with Crippen LogP contribution in [0.4, 0.5) is 5.82 Å². The minimum Gasteiger partial charge on any atom is -0.366 e. The lowest BCUT2D eigenvalue weighted by Crippen LogP contribution is -2.37. The van der Waals surface area contributed by atoms with Gasteiger partial charge in [0, 0.05) is 37.2 Å². The van der Waals surface area contributed by atoms with Gasteiger partial charge in [-0.15, -0.1) is 0 Å². The van der Waals surface area contributed by atoms with Gasteiger partial charge >= 0.3 is 0 Å². The Morgan fingerprint density at radius 1 is 1.22 bits per heavy atom. The Labute approximate surface area is 138 Å². The Morgan fingerprint density at radius 3 is 2.70 bits per heavy atom. The van der Waals surface area contributed by atoms with Crippen LogP contribution in [-0.2, 0) is 13.0 Å². The molecule has 124 valence electrons. The summed E-state index contributed by atoms with van der Waals surface area (Å²) in [4.78, 5) is 6.46. The number of aryl methyl sites for hydroxylation is 2. The molecule has 0 aliphatic carbocycles. The Kier molecular flexibility index (Phi) is 5.28. The molecule has 1 aliphatic rings. The average molecular weight is 313 g/mol. The van der Waals surface area contributed by atoms with Gasteiger partial charge in [0.1, 0.15) is 5.82 Å². The minimum absolute atomic E-state index is 0.479. The molecule has 2 aromatic heterocycles. The molecule has 0 spiro atoms. The molecule has 3 heterocycles. The number of nitrogens with zero attached hydrogens (tertiary/aromatic N) is 4. The molecule has 0 aromatic carbocycles. The minimum atomic E-state index is 0.479. The van der Waals surface area contributed by atoms with E-state index in [-0.39, 0.29) is 0 Å². The van der Waals surface area contributed by atoms with Gasteiger partial charge in [0.05, 0.1) is 0 Å². The molecule has 0 bridgehead atoms. The van der Waals surface area contributed by atoms with E-state index in [0.29, 0.717) is 6.04 Å². The van der Waals surface area contributed by atoms with Crippen LogP contribution in [-0.4, -0.2) is 45.8 Å². The predicted octanol–water partition coefficient (Wildman–Crippen LogP) is 2.66. The highest BCUT2D eigenvalue weighted by atomic mass is 15.3. The van der Waals surface area contributed by atoms with Crippen LogP contribution in [0.3, 0.4) is 0 Å². The van der Waals surface area contributed by atoms with Crippen molar-refractivity contribution in [3.63, 3.8) is 0 Å². The third-order valence-electron chi connectivity index (χ3n) is 4.87. The van der Waals surface area contributed by atoms with Crippen LogP contribution in [0.2, 0.25) is 0 Å². The average Bonchev–Trinajstić information content (AvgIpc) is 3.02. The van der Waals surface area contributed by atoms with Gasteiger partial charge in [0.15, 0.2) is 0 Å². The van der Waals surface area contributed by atoms with Gasteiger partial charge in [-0.05, 0) is 69.9 Å². The van der Waals surface area contributed by atoms with Crippen LogP contribution in [0, 0.1) is 5.92 Å². The van der Waals surface area contributed by atoms with Crippen LogP contribution in [0.1, 0.15) is 25.3 Å². The van der Waals surface area contributed by atoms with E-state index >= 15 is 0 Å². The summed E-state index contributed by atoms with van der Waals surface area (Å²) < 4.78 is 2.02. The van der Waals surface area contributed by atoms with Gasteiger partial charge in [0.25, 0.3) is 0 Å². The summed E-state index contributed by atoms with van der Waals surface area (Å²) in [6.45, 7) is 5.59. The van der Waals surface area contributed by atoms with Crippen LogP contribution in [0.15, 0.2) is 36.8 Å². The summed E-state index contributed by atoms with van der Waals surface area (Å²) in [7, 11) is 2.21. The van der Waals surface area contributed by atoms with E-state index in [1.165, 1.54) is 31.5 Å². The topological polar surface area (TPSA) is 46.0 Å². The largest absolute Gasteiger partial charge is 0.366 e. The molecule has 5 heteroatoms. The van der Waals surface area contributed by atoms with Crippen molar-refractivity contribution in [2.24, 2.45) is 5.92 Å². The quantitative estimate of drug-likeness (QED) is 0.890. The summed E-state index contributed by atoms with van der Waals surface area (Å²) in [5.41, 5.74) is 1.30. The fraction of sp³-hybridized carbons (Fsp3) is 0.556. The molecule has 2 aromatic rings. The van der Waals surface area contributed by atoms with Crippen molar-refractivity contribution in [2.45, 2.75) is 38.8 Å². The zero-order chi connectivity index (χ0) is 16.1. The number of likely N-dealkylation sites (tertiary alicyclic amines) is 1. The fourth-order valence-electron chi connectivity index (χ4n) is 3.24. The normalized spacial score (nSPS) is 18.0. The Hall–Kier alpha value is -1.88. The number of hydrogen-bond donors (Lipinski definition) is 1. The van der Waals surface area contributed by atoms with Gasteiger partial charge in [-0.25, -0.2) is 0 Å². The lowest BCUT2D eigenvalue weighted by Gasteiger charge is -2.33. The molecule has 0 saturated carbocycles. The number of anilines is 1. The van der Waals surface area contributed by atoms with E-state index in [1.807, 2.05) is 17.1 Å². The molecule has 1 saturated heterocycles. The second-order valence-corrected chi connectivity index (χ2v) is 6.64. The Balaban J connectivity index is 1.49. The highest BCUT2D eigenvalue weighted by Crippen LogP contribution is 2.22. The maximum Gasteiger partial charge on any atom is 0.148 e. The maximum absolute atomic E-state index is 4.65. The van der Waals surface area contributed by atoms with Gasteiger partial charge < -0.3 is 10.2 Å². The molecule has 5 nitrogen and oxygen atoms in total. The first kappa shape index (κ1) is 16.0. The second kappa shape index (κ2) is 7.59. The van der Waals surface area contributed by atoms with E-state index in [1.54, 1.807) is 0 Å². The van der Waals surface area contributed by atoms with Crippen LogP contribution in [0.25, 0.3) is 0 Å². The Bertz CT molecular complexity index is 586. The van der Waals surface area contributed by atoms with Gasteiger partial charge in [-0.2, -0.15) is 5.10 Å². The summed E-state index contributed by atoms with van der Waals surface area (Å²) in [5.74, 6) is 1.74. The predicted molar refractivity (Wildman–Crippen MR) is 93.5 cm³/mol. The van der Waals surface area contributed by atoms with Crippen LogP contribution >= 0.6 is 0 Å². The van der Waals surface area contributed by atoms with E-state index in [9.17, 15) is 0 Å². The molecule has 23 heavy (non-hydrogen) atoms. The summed E-state index contributed by atoms with van der Waals surface area (Å²) in [6.07, 6.45) is 9.27. The molecule has 1 atom stereocenters. The van der Waals surface area contributed by atoms with E-state index < -0.39 is 0 Å². The van der Waals surface area contributed by atoms with Crippen molar-refractivity contribution >= 4 is 5.82 Å². The number of pyridine rings is 1. The highest BCUT2D eigenvalue weighted by Gasteiger charge is 2.22. The third kappa shape index (κ3) is 4.55. The molecule has 1 fully saturated rings. The SMILES string of the molecule is C[C@@H](Nc1ccn(CCc2ccncc2)n1)C1CCN(C)CC1. The molecule has 1 N–H and O–H groups in total. The second-order valence-electron chi connectivity index (χ2n) is 6.64. The van der Waals surface area contributed by atoms with Crippen molar-refractivity contribution in [3.05, 3.63) is 42.4 Å². The fourth-order valence-corrected chi connectivity index (χ4v) is 3.24. The summed E-state index contributed by atoms with van der Waals surface area (Å²) in [5, 5.41) is 8.24. The van der Waals surface area contributed by atoms with Crippen LogP contribution < -0.4 is 5.32 Å². The molecule has 0 radical (unpaired) electrons. The zero-order valence-electron chi connectivity index (χ0n) is 14.2. The van der Waals surface area contributed by atoms with Gasteiger partial charge in [-0.3, -0.25) is 9.67 Å². The van der Waals surface area contributed by atoms with E-state index in [0.717, 1.165) is 24.7 Å². The summed E-state index contributed by atoms with van der Waals surface area (Å²) in [6, 6.07) is 6.68. The lowest BCUT2D eigenvalue weighted by atomic mass is 9.90. The van der Waals surface area contributed by atoms with Crippen molar-refractivity contribution < 1.29 is 0 Å².